The highest BCUT2D eigenvalue weighted by Gasteiger charge is 2.37. The van der Waals surface area contributed by atoms with Gasteiger partial charge in [0.25, 0.3) is 0 Å². The van der Waals surface area contributed by atoms with E-state index in [9.17, 15) is 9.59 Å². The zero-order valence-electron chi connectivity index (χ0n) is 27.2. The number of alkyl carbamates (subject to hydrolysis) is 1. The highest BCUT2D eigenvalue weighted by molar-refractivity contribution is 5.86. The standard InChI is InChI=1S/C37H38FN7O3/c1-23(2)33(44-37(47)48-3)36(46)45-19-9-15-32(45)35-41-22-31(43-35)25-17-16-24(28(20-25)27-12-6-7-13-29(27)38)10-4-5-11-26-21-40-34(42-26)30-14-8-18-39-30/h6-7,12-13,16-17,20-23,30,32-33,39H,8-9,14-15,18-19H2,1-3H3,(H,40,42)(H,41,43)(H,44,47)/t30-,32-,33-/m0/s1. The Labute approximate surface area is 279 Å². The van der Waals surface area contributed by atoms with Crippen LogP contribution in [0.4, 0.5) is 9.18 Å². The molecule has 3 atom stereocenters. The number of carbonyl (C=O) groups is 2. The number of rotatable bonds is 7. The van der Waals surface area contributed by atoms with Crippen LogP contribution in [0, 0.1) is 35.4 Å². The number of likely N-dealkylation sites (tertiary alicyclic amines) is 1. The number of carbonyl (C=O) groups excluding carboxylic acids is 2. The molecule has 0 spiro atoms. The van der Waals surface area contributed by atoms with Crippen molar-refractivity contribution in [2.24, 2.45) is 5.92 Å². The van der Waals surface area contributed by atoms with Crippen LogP contribution in [-0.4, -0.2) is 63.1 Å². The zero-order valence-corrected chi connectivity index (χ0v) is 27.2. The Morgan fingerprint density at radius 3 is 2.58 bits per heavy atom. The molecule has 10 nitrogen and oxygen atoms in total. The molecule has 11 heteroatoms. The molecule has 0 unspecified atom stereocenters. The summed E-state index contributed by atoms with van der Waals surface area (Å²) in [7, 11) is 1.28. The molecular formula is C37H38FN7O3. The number of nitrogens with one attached hydrogen (secondary N) is 4. The molecule has 2 aromatic carbocycles. The van der Waals surface area contributed by atoms with E-state index in [0.717, 1.165) is 49.3 Å². The number of halogens is 1. The lowest BCUT2D eigenvalue weighted by Crippen LogP contribution is -2.51. The Hall–Kier alpha value is -5.39. The molecule has 2 aliphatic heterocycles. The van der Waals surface area contributed by atoms with Crippen molar-refractivity contribution in [3.8, 4) is 46.1 Å². The van der Waals surface area contributed by atoms with Gasteiger partial charge in [0.2, 0.25) is 5.91 Å². The third-order valence-corrected chi connectivity index (χ3v) is 8.78. The first kappa shape index (κ1) is 32.5. The minimum atomic E-state index is -0.722. The number of ether oxygens (including phenoxy) is 1. The van der Waals surface area contributed by atoms with Gasteiger partial charge in [-0.2, -0.15) is 0 Å². The number of methoxy groups -OCH3 is 1. The summed E-state index contributed by atoms with van der Waals surface area (Å²) in [4.78, 5) is 43.0. The monoisotopic (exact) mass is 647 g/mol. The Kier molecular flexibility index (Phi) is 9.88. The lowest BCUT2D eigenvalue weighted by Gasteiger charge is -2.30. The van der Waals surface area contributed by atoms with E-state index in [1.807, 2.05) is 32.0 Å². The smallest absolute Gasteiger partial charge is 0.407 e. The van der Waals surface area contributed by atoms with Gasteiger partial charge in [-0.25, -0.2) is 19.2 Å². The van der Waals surface area contributed by atoms with E-state index in [1.54, 1.807) is 35.5 Å². The molecule has 2 fully saturated rings. The third-order valence-electron chi connectivity index (χ3n) is 8.78. The van der Waals surface area contributed by atoms with Crippen LogP contribution in [0.1, 0.15) is 74.5 Å². The maximum atomic E-state index is 15.1. The molecule has 0 saturated carbocycles. The molecular weight excluding hydrogens is 609 g/mol. The molecule has 0 radical (unpaired) electrons. The fraction of sp³-hybridized carbons (Fsp3) is 0.351. The molecule has 0 aliphatic carbocycles. The van der Waals surface area contributed by atoms with Gasteiger partial charge >= 0.3 is 6.09 Å². The third kappa shape index (κ3) is 7.12. The maximum absolute atomic E-state index is 15.1. The van der Waals surface area contributed by atoms with Gasteiger partial charge in [-0.1, -0.05) is 44.0 Å². The number of imidazole rings is 2. The number of hydrogen-bond donors (Lipinski definition) is 4. The lowest BCUT2D eigenvalue weighted by atomic mass is 9.96. The summed E-state index contributed by atoms with van der Waals surface area (Å²) < 4.78 is 19.8. The Bertz CT molecular complexity index is 1920. The predicted molar refractivity (Wildman–Crippen MR) is 180 cm³/mol. The summed E-state index contributed by atoms with van der Waals surface area (Å²) in [5, 5.41) is 6.09. The summed E-state index contributed by atoms with van der Waals surface area (Å²) >= 11 is 0. The first-order chi connectivity index (χ1) is 23.3. The van der Waals surface area contributed by atoms with Gasteiger partial charge < -0.3 is 30.2 Å². The molecule has 4 heterocycles. The van der Waals surface area contributed by atoms with Crippen molar-refractivity contribution in [1.82, 2.24) is 35.5 Å². The first-order valence-corrected chi connectivity index (χ1v) is 16.2. The highest BCUT2D eigenvalue weighted by Crippen LogP contribution is 2.34. The second-order valence-electron chi connectivity index (χ2n) is 12.3. The predicted octanol–water partition coefficient (Wildman–Crippen LogP) is 5.48. The molecule has 4 aromatic rings. The second-order valence-corrected chi connectivity index (χ2v) is 12.3. The van der Waals surface area contributed by atoms with E-state index in [0.29, 0.717) is 34.8 Å². The molecule has 2 aromatic heterocycles. The minimum Gasteiger partial charge on any atom is -0.453 e. The van der Waals surface area contributed by atoms with Crippen LogP contribution >= 0.6 is 0 Å². The average molecular weight is 648 g/mol. The van der Waals surface area contributed by atoms with Gasteiger partial charge in [0.1, 0.15) is 29.2 Å². The second kappa shape index (κ2) is 14.6. The van der Waals surface area contributed by atoms with Crippen molar-refractivity contribution in [2.45, 2.75) is 57.7 Å². The topological polar surface area (TPSA) is 128 Å². The SMILES string of the molecule is COC(=O)N[C@H](C(=O)N1CCC[C@H]1c1ncc(-c2ccc(C#CC#Cc3cnc([C@@H]4CCCN4)[nH]3)c(-c3ccccc3F)c2)[nH]1)C(C)C. The number of H-pyrrole nitrogens is 2. The molecule has 246 valence electrons. The number of aromatic amines is 2. The Morgan fingerprint density at radius 2 is 1.81 bits per heavy atom. The summed E-state index contributed by atoms with van der Waals surface area (Å²) in [5.74, 6) is 12.8. The van der Waals surface area contributed by atoms with Crippen LogP contribution in [0.2, 0.25) is 0 Å². The van der Waals surface area contributed by atoms with E-state index in [-0.39, 0.29) is 29.7 Å². The summed E-state index contributed by atoms with van der Waals surface area (Å²) in [6.07, 6.45) is 6.50. The summed E-state index contributed by atoms with van der Waals surface area (Å²) in [6, 6.07) is 11.5. The zero-order chi connectivity index (χ0) is 33.6. The van der Waals surface area contributed by atoms with Gasteiger partial charge in [-0.3, -0.25) is 4.79 Å². The fourth-order valence-corrected chi connectivity index (χ4v) is 6.26. The molecule has 0 bridgehead atoms. The van der Waals surface area contributed by atoms with Crippen LogP contribution in [0.5, 0.6) is 0 Å². The number of hydrogen-bond acceptors (Lipinski definition) is 6. The van der Waals surface area contributed by atoms with Crippen molar-refractivity contribution in [3.05, 3.63) is 83.6 Å². The van der Waals surface area contributed by atoms with Gasteiger partial charge in [0, 0.05) is 28.8 Å². The van der Waals surface area contributed by atoms with Crippen LogP contribution in [0.3, 0.4) is 0 Å². The minimum absolute atomic E-state index is 0.133. The van der Waals surface area contributed by atoms with Crippen molar-refractivity contribution >= 4 is 12.0 Å². The lowest BCUT2D eigenvalue weighted by molar-refractivity contribution is -0.135. The molecule has 6 rings (SSSR count). The molecule has 2 aliphatic rings. The van der Waals surface area contributed by atoms with E-state index in [1.165, 1.54) is 13.2 Å². The molecule has 4 N–H and O–H groups in total. The number of amides is 2. The normalized spacial score (nSPS) is 17.7. The van der Waals surface area contributed by atoms with Gasteiger partial charge in [-0.15, -0.1) is 0 Å². The van der Waals surface area contributed by atoms with Crippen LogP contribution in [-0.2, 0) is 9.53 Å². The number of benzene rings is 2. The van der Waals surface area contributed by atoms with Crippen molar-refractivity contribution in [3.63, 3.8) is 0 Å². The van der Waals surface area contributed by atoms with Crippen molar-refractivity contribution in [2.75, 3.05) is 20.2 Å². The number of aromatic nitrogens is 4. The summed E-state index contributed by atoms with van der Waals surface area (Å²) in [5.41, 5.74) is 3.87. The maximum Gasteiger partial charge on any atom is 0.407 e. The Balaban J connectivity index is 1.25. The van der Waals surface area contributed by atoms with Gasteiger partial charge in [0.05, 0.1) is 37.3 Å². The van der Waals surface area contributed by atoms with E-state index in [4.69, 9.17) is 4.74 Å². The molecule has 2 saturated heterocycles. The van der Waals surface area contributed by atoms with Crippen molar-refractivity contribution in [1.29, 1.82) is 0 Å². The quantitative estimate of drug-likeness (QED) is 0.197. The van der Waals surface area contributed by atoms with E-state index in [2.05, 4.69) is 54.3 Å². The van der Waals surface area contributed by atoms with Crippen LogP contribution in [0.25, 0.3) is 22.4 Å². The van der Waals surface area contributed by atoms with E-state index >= 15 is 4.39 Å². The summed E-state index contributed by atoms with van der Waals surface area (Å²) in [6.45, 7) is 5.30. The van der Waals surface area contributed by atoms with E-state index < -0.39 is 12.1 Å². The first-order valence-electron chi connectivity index (χ1n) is 16.2. The van der Waals surface area contributed by atoms with Crippen LogP contribution < -0.4 is 10.6 Å². The molecule has 48 heavy (non-hydrogen) atoms. The molecule has 2 amide bonds. The van der Waals surface area contributed by atoms with Crippen molar-refractivity contribution < 1.29 is 18.7 Å². The Morgan fingerprint density at radius 1 is 1.00 bits per heavy atom. The largest absolute Gasteiger partial charge is 0.453 e. The average Bonchev–Trinajstić information content (AvgIpc) is 3.92. The van der Waals surface area contributed by atoms with Crippen LogP contribution in [0.15, 0.2) is 54.9 Å². The van der Waals surface area contributed by atoms with Gasteiger partial charge in [0.15, 0.2) is 0 Å². The fourth-order valence-electron chi connectivity index (χ4n) is 6.26. The number of nitrogens with zero attached hydrogens (tertiary/aromatic N) is 3. The van der Waals surface area contributed by atoms with Gasteiger partial charge in [-0.05, 0) is 74.1 Å². The highest BCUT2D eigenvalue weighted by atomic mass is 19.1.